The van der Waals surface area contributed by atoms with Crippen LogP contribution < -0.4 is 0 Å². The van der Waals surface area contributed by atoms with E-state index in [4.69, 9.17) is 4.74 Å². The third kappa shape index (κ3) is 5.13. The monoisotopic (exact) mass is 307 g/mol. The molecule has 2 heterocycles. The Balaban J connectivity index is 1.84. The van der Waals surface area contributed by atoms with Gasteiger partial charge in [0, 0.05) is 19.3 Å². The Morgan fingerprint density at radius 3 is 2.95 bits per heavy atom. The quantitative estimate of drug-likeness (QED) is 0.728. The smallest absolute Gasteiger partial charge is 0.225 e. The van der Waals surface area contributed by atoms with E-state index in [2.05, 4.69) is 18.9 Å². The van der Waals surface area contributed by atoms with E-state index in [0.717, 1.165) is 38.1 Å². The number of carbonyl (C=O) groups excluding carboxylic acids is 1. The lowest BCUT2D eigenvalue weighted by molar-refractivity contribution is -0.136. The summed E-state index contributed by atoms with van der Waals surface area (Å²) >= 11 is 0. The molecule has 5 heteroatoms. The molecule has 1 aliphatic heterocycles. The highest BCUT2D eigenvalue weighted by Gasteiger charge is 2.26. The van der Waals surface area contributed by atoms with Crippen molar-refractivity contribution in [3.05, 3.63) is 18.0 Å². The van der Waals surface area contributed by atoms with Crippen LogP contribution in [0.3, 0.4) is 0 Å². The topological polar surface area (TPSA) is 47.4 Å². The molecule has 0 spiro atoms. The predicted molar refractivity (Wildman–Crippen MR) is 86.6 cm³/mol. The van der Waals surface area contributed by atoms with E-state index >= 15 is 0 Å². The average molecular weight is 307 g/mol. The maximum Gasteiger partial charge on any atom is 0.225 e. The lowest BCUT2D eigenvalue weighted by atomic mass is 10.0. The number of hydrogen-bond acceptors (Lipinski definition) is 3. The fourth-order valence-electron chi connectivity index (χ4n) is 2.92. The van der Waals surface area contributed by atoms with E-state index < -0.39 is 0 Å². The van der Waals surface area contributed by atoms with Gasteiger partial charge in [0.25, 0.3) is 0 Å². The number of aromatic nitrogens is 2. The molecule has 1 fully saturated rings. The van der Waals surface area contributed by atoms with Gasteiger partial charge in [0.05, 0.1) is 31.8 Å². The molecule has 5 nitrogen and oxygen atoms in total. The molecule has 22 heavy (non-hydrogen) atoms. The molecule has 1 aromatic heterocycles. The van der Waals surface area contributed by atoms with Crippen molar-refractivity contribution < 1.29 is 9.53 Å². The van der Waals surface area contributed by atoms with E-state index in [1.54, 1.807) is 0 Å². The summed E-state index contributed by atoms with van der Waals surface area (Å²) in [6.07, 6.45) is 7.77. The molecule has 124 valence electrons. The van der Waals surface area contributed by atoms with E-state index in [9.17, 15) is 4.79 Å². The minimum absolute atomic E-state index is 0.220. The van der Waals surface area contributed by atoms with Crippen LogP contribution in [0, 0.1) is 12.8 Å². The van der Waals surface area contributed by atoms with Crippen molar-refractivity contribution >= 4 is 5.91 Å². The lowest BCUT2D eigenvalue weighted by Crippen LogP contribution is -2.46. The minimum Gasteiger partial charge on any atom is -0.381 e. The van der Waals surface area contributed by atoms with Gasteiger partial charge >= 0.3 is 0 Å². The molecule has 1 atom stereocenters. The zero-order valence-corrected chi connectivity index (χ0v) is 14.1. The number of aryl methyl sites for hydroxylation is 1. The Bertz CT molecular complexity index is 470. The highest BCUT2D eigenvalue weighted by Crippen LogP contribution is 2.19. The van der Waals surface area contributed by atoms with Crippen molar-refractivity contribution in [3.8, 4) is 0 Å². The van der Waals surface area contributed by atoms with Crippen LogP contribution in [0.4, 0.5) is 0 Å². The summed E-state index contributed by atoms with van der Waals surface area (Å²) in [4.78, 5) is 14.5. The van der Waals surface area contributed by atoms with Crippen LogP contribution in [0.1, 0.15) is 45.1 Å². The van der Waals surface area contributed by atoms with E-state index in [1.165, 1.54) is 6.42 Å². The maximum absolute atomic E-state index is 12.5. The van der Waals surface area contributed by atoms with Crippen LogP contribution in [-0.2, 0) is 16.1 Å². The van der Waals surface area contributed by atoms with Crippen LogP contribution in [0.2, 0.25) is 0 Å². The van der Waals surface area contributed by atoms with Crippen LogP contribution in [-0.4, -0.2) is 46.4 Å². The number of carbonyl (C=O) groups is 1. The van der Waals surface area contributed by atoms with E-state index in [0.29, 0.717) is 18.9 Å². The summed E-state index contributed by atoms with van der Waals surface area (Å²) in [5.74, 6) is 0.734. The molecule has 1 saturated heterocycles. The third-order valence-electron chi connectivity index (χ3n) is 4.02. The summed E-state index contributed by atoms with van der Waals surface area (Å²) in [6.45, 7) is 9.20. The molecule has 0 aromatic carbocycles. The van der Waals surface area contributed by atoms with Crippen molar-refractivity contribution in [2.75, 3.05) is 19.8 Å². The van der Waals surface area contributed by atoms with Crippen molar-refractivity contribution in [2.45, 2.75) is 59.0 Å². The molecule has 0 aliphatic carbocycles. The fraction of sp³-hybridized carbons (Fsp3) is 0.765. The number of nitrogens with zero attached hydrogens (tertiary/aromatic N) is 3. The molecule has 2 rings (SSSR count). The number of hydrogen-bond donors (Lipinski definition) is 0. The molecule has 0 unspecified atom stereocenters. The molecular weight excluding hydrogens is 278 g/mol. The van der Waals surface area contributed by atoms with E-state index in [-0.39, 0.29) is 11.9 Å². The Morgan fingerprint density at radius 2 is 2.27 bits per heavy atom. The van der Waals surface area contributed by atoms with Crippen LogP contribution in [0.5, 0.6) is 0 Å². The summed E-state index contributed by atoms with van der Waals surface area (Å²) in [7, 11) is 0. The van der Waals surface area contributed by atoms with Gasteiger partial charge in [-0.2, -0.15) is 5.10 Å². The number of amides is 1. The lowest BCUT2D eigenvalue weighted by Gasteiger charge is -2.35. The number of likely N-dealkylation sites (tertiary alicyclic amines) is 1. The van der Waals surface area contributed by atoms with Gasteiger partial charge in [-0.1, -0.05) is 13.8 Å². The van der Waals surface area contributed by atoms with Crippen molar-refractivity contribution in [1.29, 1.82) is 0 Å². The van der Waals surface area contributed by atoms with Crippen LogP contribution in [0.25, 0.3) is 0 Å². The Labute approximate surface area is 133 Å². The Kier molecular flexibility index (Phi) is 6.43. The van der Waals surface area contributed by atoms with Gasteiger partial charge in [0.15, 0.2) is 0 Å². The molecule has 0 saturated carbocycles. The first kappa shape index (κ1) is 17.0. The largest absolute Gasteiger partial charge is 0.381 e. The van der Waals surface area contributed by atoms with Crippen molar-refractivity contribution in [3.63, 3.8) is 0 Å². The highest BCUT2D eigenvalue weighted by atomic mass is 16.5. The van der Waals surface area contributed by atoms with Gasteiger partial charge in [-0.05, 0) is 37.7 Å². The second-order valence-electron chi connectivity index (χ2n) is 6.70. The molecule has 1 amide bonds. The molecule has 1 aromatic rings. The summed E-state index contributed by atoms with van der Waals surface area (Å²) in [5, 5.41) is 4.35. The van der Waals surface area contributed by atoms with Gasteiger partial charge in [-0.3, -0.25) is 9.48 Å². The second-order valence-corrected chi connectivity index (χ2v) is 6.70. The summed E-state index contributed by atoms with van der Waals surface area (Å²) < 4.78 is 7.51. The number of piperidine rings is 1. The summed E-state index contributed by atoms with van der Waals surface area (Å²) in [6, 6.07) is 0.269. The van der Waals surface area contributed by atoms with Crippen molar-refractivity contribution in [2.24, 2.45) is 5.92 Å². The Morgan fingerprint density at radius 1 is 1.45 bits per heavy atom. The van der Waals surface area contributed by atoms with Crippen LogP contribution >= 0.6 is 0 Å². The first-order chi connectivity index (χ1) is 10.6. The zero-order chi connectivity index (χ0) is 15.9. The molecule has 0 radical (unpaired) electrons. The minimum atomic E-state index is 0.220. The normalized spacial score (nSPS) is 18.9. The Hall–Kier alpha value is -1.36. The van der Waals surface area contributed by atoms with Gasteiger partial charge in [-0.15, -0.1) is 0 Å². The first-order valence-electron chi connectivity index (χ1n) is 8.42. The van der Waals surface area contributed by atoms with Gasteiger partial charge in [0.2, 0.25) is 5.91 Å². The van der Waals surface area contributed by atoms with Gasteiger partial charge in [0.1, 0.15) is 0 Å². The predicted octanol–water partition coefficient (Wildman–Crippen LogP) is 2.64. The standard InChI is InChI=1S/C17H29N3O2/c1-14(2)13-22-9-7-17(21)20-8-5-4-6-16(20)12-19-11-15(3)10-18-19/h10-11,14,16H,4-9,12-13H2,1-3H3/t16-/m0/s1. The second kappa shape index (κ2) is 8.32. The molecule has 1 aliphatic rings. The average Bonchev–Trinajstić information content (AvgIpc) is 2.89. The maximum atomic E-state index is 12.5. The van der Waals surface area contributed by atoms with E-state index in [1.807, 2.05) is 28.9 Å². The molecule has 0 N–H and O–H groups in total. The summed E-state index contributed by atoms with van der Waals surface area (Å²) in [5.41, 5.74) is 1.16. The molecule has 0 bridgehead atoms. The number of ether oxygens (including phenoxy) is 1. The van der Waals surface area contributed by atoms with Gasteiger partial charge in [-0.25, -0.2) is 0 Å². The fourth-order valence-corrected chi connectivity index (χ4v) is 2.92. The van der Waals surface area contributed by atoms with Crippen molar-refractivity contribution in [1.82, 2.24) is 14.7 Å². The van der Waals surface area contributed by atoms with Gasteiger partial charge < -0.3 is 9.64 Å². The third-order valence-corrected chi connectivity index (χ3v) is 4.02. The number of rotatable bonds is 7. The first-order valence-corrected chi connectivity index (χ1v) is 8.42. The highest BCUT2D eigenvalue weighted by molar-refractivity contribution is 5.76. The molecular formula is C17H29N3O2. The zero-order valence-electron chi connectivity index (χ0n) is 14.1. The van der Waals surface area contributed by atoms with Crippen LogP contribution in [0.15, 0.2) is 12.4 Å². The SMILES string of the molecule is Cc1cnn(C[C@@H]2CCCCN2C(=O)CCOCC(C)C)c1.